The van der Waals surface area contributed by atoms with Crippen LogP contribution in [0.1, 0.15) is 57.1 Å². The van der Waals surface area contributed by atoms with Crippen LogP contribution in [0.4, 0.5) is 0 Å². The van der Waals surface area contributed by atoms with Crippen molar-refractivity contribution >= 4 is 23.8 Å². The van der Waals surface area contributed by atoms with E-state index in [4.69, 9.17) is 4.74 Å². The highest BCUT2D eigenvalue weighted by molar-refractivity contribution is 5.96. The van der Waals surface area contributed by atoms with Crippen LogP contribution >= 0.6 is 0 Å². The second kappa shape index (κ2) is 14.1. The molecule has 0 bridgehead atoms. The average molecular weight is 548 g/mol. The van der Waals surface area contributed by atoms with Crippen molar-refractivity contribution in [2.24, 2.45) is 5.92 Å². The van der Waals surface area contributed by atoms with Crippen molar-refractivity contribution in [1.29, 1.82) is 0 Å². The average Bonchev–Trinajstić information content (AvgIpc) is 3.42. The van der Waals surface area contributed by atoms with Gasteiger partial charge in [-0.3, -0.25) is 19.4 Å². The summed E-state index contributed by atoms with van der Waals surface area (Å²) in [7, 11) is 0. The lowest BCUT2D eigenvalue weighted by Crippen LogP contribution is -2.63. The molecule has 214 valence electrons. The zero-order valence-electron chi connectivity index (χ0n) is 23.4. The Balaban J connectivity index is 1.62. The van der Waals surface area contributed by atoms with Crippen LogP contribution in [-0.4, -0.2) is 60.0 Å². The number of benzene rings is 1. The van der Waals surface area contributed by atoms with Gasteiger partial charge in [-0.25, -0.2) is 0 Å². The Kier molecular flexibility index (Phi) is 10.3. The summed E-state index contributed by atoms with van der Waals surface area (Å²) in [5.74, 6) is 0.190. The van der Waals surface area contributed by atoms with Crippen molar-refractivity contribution in [3.63, 3.8) is 0 Å². The summed E-state index contributed by atoms with van der Waals surface area (Å²) in [5, 5.41) is 12.4. The third-order valence-corrected chi connectivity index (χ3v) is 7.45. The topological polar surface area (TPSA) is 121 Å². The third kappa shape index (κ3) is 7.91. The zero-order chi connectivity index (χ0) is 28.4. The Labute approximate surface area is 236 Å². The normalized spacial score (nSPS) is 23.2. The van der Waals surface area contributed by atoms with E-state index in [0.717, 1.165) is 29.7 Å². The molecule has 0 saturated heterocycles. The Morgan fingerprint density at radius 1 is 1.00 bits per heavy atom. The van der Waals surface area contributed by atoms with Crippen molar-refractivity contribution in [3.05, 3.63) is 66.0 Å². The molecule has 1 aromatic carbocycles. The summed E-state index contributed by atoms with van der Waals surface area (Å²) in [4.78, 5) is 44.8. The lowest BCUT2D eigenvalue weighted by Gasteiger charge is -2.33. The molecule has 9 heteroatoms. The van der Waals surface area contributed by atoms with Crippen molar-refractivity contribution < 1.29 is 19.1 Å². The molecule has 4 N–H and O–H groups in total. The molecule has 2 atom stereocenters. The minimum atomic E-state index is -1.05. The first-order valence-corrected chi connectivity index (χ1v) is 14.3. The summed E-state index contributed by atoms with van der Waals surface area (Å²) >= 11 is 0. The van der Waals surface area contributed by atoms with Gasteiger partial charge in [-0.15, -0.1) is 0 Å². The summed E-state index contributed by atoms with van der Waals surface area (Å²) in [6, 6.07) is 10.1. The van der Waals surface area contributed by atoms with Gasteiger partial charge < -0.3 is 26.0 Å². The molecule has 2 heterocycles. The van der Waals surface area contributed by atoms with Gasteiger partial charge in [0.25, 0.3) is 0 Å². The number of para-hydroxylation sites is 1. The molecule has 4 rings (SSSR count). The van der Waals surface area contributed by atoms with Gasteiger partial charge >= 0.3 is 0 Å². The number of fused-ring (bicyclic) bond motifs is 1. The van der Waals surface area contributed by atoms with Gasteiger partial charge in [0.1, 0.15) is 23.9 Å². The molecule has 0 radical (unpaired) electrons. The van der Waals surface area contributed by atoms with Crippen LogP contribution in [0.2, 0.25) is 0 Å². The molecule has 3 amide bonds. The third-order valence-electron chi connectivity index (χ3n) is 7.45. The van der Waals surface area contributed by atoms with Gasteiger partial charge in [-0.05, 0) is 48.9 Å². The molecular formula is C31H41N5O4. The predicted octanol–water partition coefficient (Wildman–Crippen LogP) is 2.76. The molecule has 1 saturated carbocycles. The van der Waals surface area contributed by atoms with Gasteiger partial charge in [-0.1, -0.05) is 57.0 Å². The SMILES string of the molecule is CC(C)C[C@@H]1NCCOc2ccccc2/C=C\CNC(=O)[C@H](Cc2ccncc2)NC(=O)C2(CCCC2)NC1=O. The molecule has 2 aliphatic rings. The minimum Gasteiger partial charge on any atom is -0.492 e. The van der Waals surface area contributed by atoms with Gasteiger partial charge in [0.15, 0.2) is 0 Å². The van der Waals surface area contributed by atoms with E-state index in [0.29, 0.717) is 38.8 Å². The number of ether oxygens (including phenoxy) is 1. The molecule has 1 fully saturated rings. The summed E-state index contributed by atoms with van der Waals surface area (Å²) in [6.07, 6.45) is 10.8. The van der Waals surface area contributed by atoms with E-state index in [1.165, 1.54) is 0 Å². The van der Waals surface area contributed by atoms with Crippen molar-refractivity contribution in [2.45, 2.75) is 70.0 Å². The number of hydrogen-bond donors (Lipinski definition) is 4. The number of aromatic nitrogens is 1. The number of amides is 3. The summed E-state index contributed by atoms with van der Waals surface area (Å²) < 4.78 is 6.03. The van der Waals surface area contributed by atoms with Crippen molar-refractivity contribution in [1.82, 2.24) is 26.3 Å². The number of nitrogens with one attached hydrogen (secondary N) is 4. The van der Waals surface area contributed by atoms with E-state index in [-0.39, 0.29) is 30.2 Å². The Hall–Kier alpha value is -3.72. The van der Waals surface area contributed by atoms with E-state index in [1.807, 2.05) is 48.6 Å². The van der Waals surface area contributed by atoms with Gasteiger partial charge in [0.05, 0.1) is 6.04 Å². The maximum absolute atomic E-state index is 13.8. The number of pyridine rings is 1. The van der Waals surface area contributed by atoms with Crippen LogP contribution in [0.15, 0.2) is 54.9 Å². The van der Waals surface area contributed by atoms with E-state index in [2.05, 4.69) is 40.1 Å². The molecule has 1 aliphatic heterocycles. The second-order valence-electron chi connectivity index (χ2n) is 11.0. The number of nitrogens with zero attached hydrogens (tertiary/aromatic N) is 1. The maximum atomic E-state index is 13.8. The largest absolute Gasteiger partial charge is 0.492 e. The highest BCUT2D eigenvalue weighted by Crippen LogP contribution is 2.30. The second-order valence-corrected chi connectivity index (χ2v) is 11.0. The van der Waals surface area contributed by atoms with Crippen molar-refractivity contribution in [2.75, 3.05) is 19.7 Å². The molecule has 1 spiro atoms. The van der Waals surface area contributed by atoms with Crippen LogP contribution in [0.5, 0.6) is 5.75 Å². The first-order chi connectivity index (χ1) is 19.4. The van der Waals surface area contributed by atoms with Gasteiger partial charge in [-0.2, -0.15) is 0 Å². The highest BCUT2D eigenvalue weighted by atomic mass is 16.5. The van der Waals surface area contributed by atoms with E-state index in [9.17, 15) is 14.4 Å². The van der Waals surface area contributed by atoms with Crippen LogP contribution in [-0.2, 0) is 20.8 Å². The van der Waals surface area contributed by atoms with Crippen LogP contribution < -0.4 is 26.0 Å². The number of carbonyl (C=O) groups excluding carboxylic acids is 3. The summed E-state index contributed by atoms with van der Waals surface area (Å²) in [6.45, 7) is 5.29. The molecule has 0 unspecified atom stereocenters. The Bertz CT molecular complexity index is 1180. The maximum Gasteiger partial charge on any atom is 0.246 e. The standard InChI is InChI=1S/C31H41N5O4/c1-22(2)20-25-29(38)36-31(13-5-6-14-31)30(39)35-26(21-23-11-16-32-17-12-23)28(37)34-15-7-9-24-8-3-4-10-27(24)40-19-18-33-25/h3-4,7-12,16-17,22,25-26,33H,5-6,13-15,18-21H2,1-2H3,(H,34,37)(H,35,39)(H,36,38)/b9-7-/t25-,26-/m0/s1. The monoisotopic (exact) mass is 547 g/mol. The van der Waals surface area contributed by atoms with E-state index in [1.54, 1.807) is 12.4 Å². The smallest absolute Gasteiger partial charge is 0.246 e. The molecule has 1 aliphatic carbocycles. The highest BCUT2D eigenvalue weighted by Gasteiger charge is 2.44. The van der Waals surface area contributed by atoms with E-state index < -0.39 is 17.6 Å². The molecule has 9 nitrogen and oxygen atoms in total. The van der Waals surface area contributed by atoms with Crippen molar-refractivity contribution in [3.8, 4) is 5.75 Å². The summed E-state index contributed by atoms with van der Waals surface area (Å²) in [5.41, 5.74) is 0.718. The molecule has 40 heavy (non-hydrogen) atoms. The quantitative estimate of drug-likeness (QED) is 0.467. The lowest BCUT2D eigenvalue weighted by molar-refractivity contribution is -0.136. The zero-order valence-corrected chi connectivity index (χ0v) is 23.4. The van der Waals surface area contributed by atoms with Gasteiger partial charge in [0, 0.05) is 37.5 Å². The van der Waals surface area contributed by atoms with Crippen LogP contribution in [0.25, 0.3) is 6.08 Å². The van der Waals surface area contributed by atoms with Crippen LogP contribution in [0.3, 0.4) is 0 Å². The van der Waals surface area contributed by atoms with Gasteiger partial charge in [0.2, 0.25) is 17.7 Å². The first kappa shape index (κ1) is 29.3. The molecule has 1 aromatic heterocycles. The molecule has 2 aromatic rings. The lowest BCUT2D eigenvalue weighted by atomic mass is 9.93. The van der Waals surface area contributed by atoms with E-state index >= 15 is 0 Å². The molecular weight excluding hydrogens is 506 g/mol. The number of rotatable bonds is 4. The fourth-order valence-electron chi connectivity index (χ4n) is 5.34. The number of carbonyl (C=O) groups is 3. The Morgan fingerprint density at radius 3 is 2.50 bits per heavy atom. The van der Waals surface area contributed by atoms with Crippen LogP contribution in [0, 0.1) is 5.92 Å². The fraction of sp³-hybridized carbons (Fsp3) is 0.484. The Morgan fingerprint density at radius 2 is 1.75 bits per heavy atom. The predicted molar refractivity (Wildman–Crippen MR) is 154 cm³/mol. The first-order valence-electron chi connectivity index (χ1n) is 14.3. The fourth-order valence-corrected chi connectivity index (χ4v) is 5.34. The minimum absolute atomic E-state index is 0.203. The number of hydrogen-bond acceptors (Lipinski definition) is 6.